The van der Waals surface area contributed by atoms with E-state index in [1.807, 2.05) is 48.8 Å². The Kier molecular flexibility index (Phi) is 3.80. The lowest BCUT2D eigenvalue weighted by Gasteiger charge is -2.19. The summed E-state index contributed by atoms with van der Waals surface area (Å²) in [5.74, 6) is 0.132. The van der Waals surface area contributed by atoms with Crippen molar-refractivity contribution in [3.8, 4) is 0 Å². The van der Waals surface area contributed by atoms with Crippen LogP contribution in [0.5, 0.6) is 0 Å². The Morgan fingerprint density at radius 3 is 2.00 bits per heavy atom. The quantitative estimate of drug-likeness (QED) is 0.663. The zero-order valence-electron chi connectivity index (χ0n) is 10.9. The fourth-order valence-electron chi connectivity index (χ4n) is 2.46. The topological polar surface area (TPSA) is 12.9 Å². The molecule has 0 fully saturated rings. The highest BCUT2D eigenvalue weighted by Gasteiger charge is 2.18. The second-order valence-corrected chi connectivity index (χ2v) is 5.05. The van der Waals surface area contributed by atoms with Crippen molar-refractivity contribution in [2.24, 2.45) is 0 Å². The van der Waals surface area contributed by atoms with Gasteiger partial charge in [0.15, 0.2) is 0 Å². The van der Waals surface area contributed by atoms with Crippen LogP contribution in [0.2, 0.25) is 5.02 Å². The van der Waals surface area contributed by atoms with Crippen LogP contribution in [-0.2, 0) is 0 Å². The molecule has 0 aliphatic rings. The minimum absolute atomic E-state index is 0.132. The molecule has 0 N–H and O–H groups in total. The summed E-state index contributed by atoms with van der Waals surface area (Å²) >= 11 is 6.40. The van der Waals surface area contributed by atoms with E-state index in [-0.39, 0.29) is 5.92 Å². The SMILES string of the molecule is Clc1ccccc1C(c1ccccc1)c1ccncc1. The number of hydrogen-bond acceptors (Lipinski definition) is 1. The summed E-state index contributed by atoms with van der Waals surface area (Å²) in [6.07, 6.45) is 3.64. The van der Waals surface area contributed by atoms with Gasteiger partial charge in [0.25, 0.3) is 0 Å². The molecule has 1 nitrogen and oxygen atoms in total. The van der Waals surface area contributed by atoms with Crippen molar-refractivity contribution in [2.75, 3.05) is 0 Å². The van der Waals surface area contributed by atoms with Gasteiger partial charge in [-0.25, -0.2) is 0 Å². The van der Waals surface area contributed by atoms with Gasteiger partial charge in [-0.05, 0) is 34.9 Å². The Balaban J connectivity index is 2.17. The third-order valence-electron chi connectivity index (χ3n) is 3.39. The van der Waals surface area contributed by atoms with Gasteiger partial charge < -0.3 is 0 Å². The minimum Gasteiger partial charge on any atom is -0.265 e. The zero-order chi connectivity index (χ0) is 13.8. The summed E-state index contributed by atoms with van der Waals surface area (Å²) in [6, 6.07) is 22.5. The summed E-state index contributed by atoms with van der Waals surface area (Å²) in [5, 5.41) is 0.790. The average molecular weight is 280 g/mol. The molecular formula is C18H14ClN. The molecule has 1 heterocycles. The molecule has 1 atom stereocenters. The maximum absolute atomic E-state index is 6.40. The molecule has 0 aliphatic carbocycles. The van der Waals surface area contributed by atoms with E-state index in [9.17, 15) is 0 Å². The number of hydrogen-bond donors (Lipinski definition) is 0. The average Bonchev–Trinajstić information content (AvgIpc) is 2.52. The number of rotatable bonds is 3. The first-order valence-electron chi connectivity index (χ1n) is 6.55. The van der Waals surface area contributed by atoms with Crippen LogP contribution in [-0.4, -0.2) is 4.98 Å². The largest absolute Gasteiger partial charge is 0.265 e. The van der Waals surface area contributed by atoms with Crippen molar-refractivity contribution in [3.63, 3.8) is 0 Å². The molecule has 0 saturated heterocycles. The first-order valence-corrected chi connectivity index (χ1v) is 6.93. The van der Waals surface area contributed by atoms with Crippen molar-refractivity contribution in [3.05, 3.63) is 101 Å². The predicted molar refractivity (Wildman–Crippen MR) is 83.1 cm³/mol. The van der Waals surface area contributed by atoms with E-state index >= 15 is 0 Å². The van der Waals surface area contributed by atoms with E-state index in [0.717, 1.165) is 10.6 Å². The van der Waals surface area contributed by atoms with Crippen LogP contribution in [0.15, 0.2) is 79.1 Å². The molecule has 0 aliphatic heterocycles. The number of aromatic nitrogens is 1. The highest BCUT2D eigenvalue weighted by Crippen LogP contribution is 2.35. The van der Waals surface area contributed by atoms with Gasteiger partial charge in [-0.1, -0.05) is 60.1 Å². The third-order valence-corrected chi connectivity index (χ3v) is 3.73. The second-order valence-electron chi connectivity index (χ2n) is 4.65. The molecule has 0 spiro atoms. The van der Waals surface area contributed by atoms with Gasteiger partial charge in [-0.15, -0.1) is 0 Å². The lowest BCUT2D eigenvalue weighted by Crippen LogP contribution is -2.04. The van der Waals surface area contributed by atoms with Gasteiger partial charge in [-0.2, -0.15) is 0 Å². The molecule has 0 saturated carbocycles. The van der Waals surface area contributed by atoms with Gasteiger partial charge in [0, 0.05) is 23.3 Å². The highest BCUT2D eigenvalue weighted by atomic mass is 35.5. The van der Waals surface area contributed by atoms with Crippen LogP contribution in [0.3, 0.4) is 0 Å². The van der Waals surface area contributed by atoms with Gasteiger partial charge in [0.2, 0.25) is 0 Å². The Morgan fingerprint density at radius 1 is 0.700 bits per heavy atom. The van der Waals surface area contributed by atoms with E-state index in [4.69, 9.17) is 11.6 Å². The van der Waals surface area contributed by atoms with Crippen molar-refractivity contribution >= 4 is 11.6 Å². The minimum atomic E-state index is 0.132. The first kappa shape index (κ1) is 12.9. The van der Waals surface area contributed by atoms with Gasteiger partial charge in [0.1, 0.15) is 0 Å². The van der Waals surface area contributed by atoms with E-state index in [2.05, 4.69) is 35.3 Å². The maximum Gasteiger partial charge on any atom is 0.0447 e. The molecule has 1 aromatic heterocycles. The number of pyridine rings is 1. The number of benzene rings is 2. The van der Waals surface area contributed by atoms with Crippen molar-refractivity contribution < 1.29 is 0 Å². The monoisotopic (exact) mass is 279 g/mol. The normalized spacial score (nSPS) is 12.1. The van der Waals surface area contributed by atoms with Crippen molar-refractivity contribution in [2.45, 2.75) is 5.92 Å². The lowest BCUT2D eigenvalue weighted by atomic mass is 9.86. The predicted octanol–water partition coefficient (Wildman–Crippen LogP) is 4.92. The van der Waals surface area contributed by atoms with Crippen LogP contribution >= 0.6 is 11.6 Å². The molecule has 0 amide bonds. The summed E-state index contributed by atoms with van der Waals surface area (Å²) < 4.78 is 0. The zero-order valence-corrected chi connectivity index (χ0v) is 11.7. The van der Waals surface area contributed by atoms with Gasteiger partial charge in [0.05, 0.1) is 0 Å². The lowest BCUT2D eigenvalue weighted by molar-refractivity contribution is 0.971. The Morgan fingerprint density at radius 2 is 1.30 bits per heavy atom. The molecule has 2 heteroatoms. The fraction of sp³-hybridized carbons (Fsp3) is 0.0556. The van der Waals surface area contributed by atoms with Gasteiger partial charge >= 0.3 is 0 Å². The fourth-order valence-corrected chi connectivity index (χ4v) is 2.71. The third kappa shape index (κ3) is 2.59. The standard InChI is InChI=1S/C18H14ClN/c19-17-9-5-4-8-16(17)18(14-6-2-1-3-7-14)15-10-12-20-13-11-15/h1-13,18H. The molecule has 0 radical (unpaired) electrons. The summed E-state index contributed by atoms with van der Waals surface area (Å²) in [5.41, 5.74) is 3.54. The van der Waals surface area contributed by atoms with E-state index < -0.39 is 0 Å². The van der Waals surface area contributed by atoms with Crippen LogP contribution < -0.4 is 0 Å². The van der Waals surface area contributed by atoms with E-state index in [1.54, 1.807) is 0 Å². The Hall–Kier alpha value is -2.12. The molecular weight excluding hydrogens is 266 g/mol. The van der Waals surface area contributed by atoms with Crippen LogP contribution in [0, 0.1) is 0 Å². The number of halogens is 1. The first-order chi connectivity index (χ1) is 9.86. The summed E-state index contributed by atoms with van der Waals surface area (Å²) in [4.78, 5) is 4.10. The van der Waals surface area contributed by atoms with E-state index in [1.165, 1.54) is 11.1 Å². The number of nitrogens with zero attached hydrogens (tertiary/aromatic N) is 1. The van der Waals surface area contributed by atoms with E-state index in [0.29, 0.717) is 0 Å². The molecule has 1 unspecified atom stereocenters. The van der Waals surface area contributed by atoms with Crippen molar-refractivity contribution in [1.82, 2.24) is 4.98 Å². The summed E-state index contributed by atoms with van der Waals surface area (Å²) in [7, 11) is 0. The highest BCUT2D eigenvalue weighted by molar-refractivity contribution is 6.31. The summed E-state index contributed by atoms with van der Waals surface area (Å²) in [6.45, 7) is 0. The second kappa shape index (κ2) is 5.89. The van der Waals surface area contributed by atoms with Crippen molar-refractivity contribution in [1.29, 1.82) is 0 Å². The molecule has 2 aromatic carbocycles. The molecule has 3 rings (SSSR count). The van der Waals surface area contributed by atoms with Crippen LogP contribution in [0.25, 0.3) is 0 Å². The molecule has 0 bridgehead atoms. The molecule has 3 aromatic rings. The molecule has 20 heavy (non-hydrogen) atoms. The maximum atomic E-state index is 6.40. The molecule has 98 valence electrons. The smallest absolute Gasteiger partial charge is 0.0447 e. The Bertz CT molecular complexity index is 641. The Labute approximate surface area is 123 Å². The van der Waals surface area contributed by atoms with Crippen LogP contribution in [0.1, 0.15) is 22.6 Å². The van der Waals surface area contributed by atoms with Gasteiger partial charge in [-0.3, -0.25) is 4.98 Å². The van der Waals surface area contributed by atoms with Crippen LogP contribution in [0.4, 0.5) is 0 Å².